The molecule has 2 amide bonds. The molecule has 0 radical (unpaired) electrons. The molecule has 0 aliphatic carbocycles. The smallest absolute Gasteiger partial charge is 0.378 e. The molecule has 1 heterocycles. The third-order valence-corrected chi connectivity index (χ3v) is 5.83. The quantitative estimate of drug-likeness (QED) is 0.329. The molecule has 34 heavy (non-hydrogen) atoms. The van der Waals surface area contributed by atoms with E-state index < -0.39 is 39.8 Å². The van der Waals surface area contributed by atoms with E-state index in [1.807, 2.05) is 0 Å². The lowest BCUT2D eigenvalue weighted by Gasteiger charge is -2.25. The molecule has 0 bridgehead atoms. The molecule has 1 N–H and O–H groups in total. The van der Waals surface area contributed by atoms with Gasteiger partial charge >= 0.3 is 12.4 Å². The highest BCUT2D eigenvalue weighted by Crippen LogP contribution is 2.48. The number of rotatable bonds is 6. The lowest BCUT2D eigenvalue weighted by molar-refractivity contribution is -0.163. The van der Waals surface area contributed by atoms with Crippen LogP contribution in [0.2, 0.25) is 0 Å². The molecule has 0 saturated carbocycles. The maximum Gasteiger partial charge on any atom is 0.418 e. The molecule has 0 unspecified atom stereocenters. The van der Waals surface area contributed by atoms with Gasteiger partial charge < -0.3 is 15.0 Å². The van der Waals surface area contributed by atoms with E-state index in [1.54, 1.807) is 0 Å². The minimum absolute atomic E-state index is 0.191. The van der Waals surface area contributed by atoms with Crippen LogP contribution in [0.15, 0.2) is 52.3 Å². The number of nitrogens with one attached hydrogen (secondary N) is 1. The SMILES string of the molecule is O=CNc1cccc(Sc2ccc(/C=C/C(=O)N3CCOCC3)c(C(F)(F)F)c2C(F)(F)F)c1. The van der Waals surface area contributed by atoms with Crippen LogP contribution in [0.3, 0.4) is 0 Å². The number of alkyl halides is 6. The molecule has 0 spiro atoms. The summed E-state index contributed by atoms with van der Waals surface area (Å²) in [6.45, 7) is 0.996. The molecule has 1 saturated heterocycles. The Hall–Kier alpha value is -2.99. The third kappa shape index (κ3) is 6.32. The number of halogens is 6. The van der Waals surface area contributed by atoms with Crippen molar-refractivity contribution >= 4 is 35.8 Å². The molecule has 1 fully saturated rings. The van der Waals surface area contributed by atoms with Crippen LogP contribution >= 0.6 is 11.8 Å². The summed E-state index contributed by atoms with van der Waals surface area (Å²) in [6.07, 6.45) is -8.73. The van der Waals surface area contributed by atoms with Gasteiger partial charge in [0.1, 0.15) is 0 Å². The standard InChI is InChI=1S/C22H18F6N2O3S/c23-21(24,25)19-14(5-7-18(32)30-8-10-33-11-9-30)4-6-17(20(19)22(26,27)28)34-16-3-1-2-15(12-16)29-13-31/h1-7,12-13H,8-11H2,(H,29,31)/b7-5+. The molecular weight excluding hydrogens is 486 g/mol. The number of carbonyl (C=O) groups excluding carboxylic acids is 2. The van der Waals surface area contributed by atoms with E-state index >= 15 is 0 Å². The maximum atomic E-state index is 13.9. The first-order chi connectivity index (χ1) is 16.0. The number of carbonyl (C=O) groups is 2. The van der Waals surface area contributed by atoms with E-state index in [1.165, 1.54) is 29.2 Å². The van der Waals surface area contributed by atoms with Gasteiger partial charge in [-0.1, -0.05) is 23.9 Å². The predicted octanol–water partition coefficient (Wildman–Crippen LogP) is 5.32. The van der Waals surface area contributed by atoms with Crippen molar-refractivity contribution < 1.29 is 40.7 Å². The Bertz CT molecular complexity index is 1080. The number of hydrogen-bond acceptors (Lipinski definition) is 4. The van der Waals surface area contributed by atoms with Crippen molar-refractivity contribution in [2.24, 2.45) is 0 Å². The topological polar surface area (TPSA) is 58.6 Å². The normalized spacial score (nSPS) is 14.9. The number of benzene rings is 2. The van der Waals surface area contributed by atoms with Crippen molar-refractivity contribution in [3.8, 4) is 0 Å². The van der Waals surface area contributed by atoms with E-state index in [9.17, 15) is 35.9 Å². The summed E-state index contributed by atoms with van der Waals surface area (Å²) in [5.41, 5.74) is -4.23. The van der Waals surface area contributed by atoms with Crippen molar-refractivity contribution in [1.29, 1.82) is 0 Å². The molecule has 0 aromatic heterocycles. The minimum atomic E-state index is -5.34. The predicted molar refractivity (Wildman–Crippen MR) is 113 cm³/mol. The zero-order valence-corrected chi connectivity index (χ0v) is 18.2. The number of anilines is 1. The Morgan fingerprint density at radius 2 is 1.68 bits per heavy atom. The summed E-state index contributed by atoms with van der Waals surface area (Å²) >= 11 is 0.478. The molecular formula is C22H18F6N2O3S. The number of morpholine rings is 1. The maximum absolute atomic E-state index is 13.9. The van der Waals surface area contributed by atoms with Crippen LogP contribution in [0.5, 0.6) is 0 Å². The summed E-state index contributed by atoms with van der Waals surface area (Å²) in [4.78, 5) is 23.7. The van der Waals surface area contributed by atoms with Gasteiger partial charge in [-0.05, 0) is 35.9 Å². The average molecular weight is 504 g/mol. The van der Waals surface area contributed by atoms with Gasteiger partial charge in [0.25, 0.3) is 0 Å². The molecule has 2 aromatic rings. The molecule has 12 heteroatoms. The summed E-state index contributed by atoms with van der Waals surface area (Å²) in [6, 6.07) is 7.49. The lowest BCUT2D eigenvalue weighted by atomic mass is 9.99. The van der Waals surface area contributed by atoms with Gasteiger partial charge in [0, 0.05) is 34.6 Å². The van der Waals surface area contributed by atoms with E-state index in [0.717, 1.165) is 24.3 Å². The number of nitrogens with zero attached hydrogens (tertiary/aromatic N) is 1. The second kappa shape index (κ2) is 10.5. The Balaban J connectivity index is 2.05. The Morgan fingerprint density at radius 1 is 1.00 bits per heavy atom. The van der Waals surface area contributed by atoms with Gasteiger partial charge in [-0.15, -0.1) is 0 Å². The van der Waals surface area contributed by atoms with Crippen LogP contribution in [0.25, 0.3) is 6.08 Å². The lowest BCUT2D eigenvalue weighted by Crippen LogP contribution is -2.39. The molecule has 182 valence electrons. The second-order valence-corrected chi connectivity index (χ2v) is 8.18. The van der Waals surface area contributed by atoms with Crippen molar-refractivity contribution in [1.82, 2.24) is 4.90 Å². The van der Waals surface area contributed by atoms with Crippen LogP contribution in [0.1, 0.15) is 16.7 Å². The van der Waals surface area contributed by atoms with Crippen molar-refractivity contribution in [3.05, 3.63) is 59.2 Å². The van der Waals surface area contributed by atoms with Gasteiger partial charge in [-0.25, -0.2) is 0 Å². The highest BCUT2D eigenvalue weighted by Gasteiger charge is 2.46. The zero-order chi connectivity index (χ0) is 24.9. The monoisotopic (exact) mass is 504 g/mol. The van der Waals surface area contributed by atoms with Gasteiger partial charge in [0.15, 0.2) is 0 Å². The van der Waals surface area contributed by atoms with E-state index in [4.69, 9.17) is 4.74 Å². The summed E-state index contributed by atoms with van der Waals surface area (Å²) in [7, 11) is 0. The molecule has 3 rings (SSSR count). The molecule has 2 aromatic carbocycles. The van der Waals surface area contributed by atoms with Crippen molar-refractivity contribution in [2.75, 3.05) is 31.6 Å². The van der Waals surface area contributed by atoms with E-state index in [-0.39, 0.29) is 36.9 Å². The minimum Gasteiger partial charge on any atom is -0.378 e. The summed E-state index contributed by atoms with van der Waals surface area (Å²) in [5.74, 6) is -0.622. The molecule has 1 aliphatic heterocycles. The number of ether oxygens (including phenoxy) is 1. The average Bonchev–Trinajstić information content (AvgIpc) is 2.77. The first kappa shape index (κ1) is 25.6. The fourth-order valence-corrected chi connectivity index (χ4v) is 4.35. The van der Waals surface area contributed by atoms with Crippen LogP contribution in [0.4, 0.5) is 32.0 Å². The van der Waals surface area contributed by atoms with Gasteiger partial charge in [0.05, 0.1) is 24.3 Å². The molecule has 5 nitrogen and oxygen atoms in total. The Kier molecular flexibility index (Phi) is 7.93. The summed E-state index contributed by atoms with van der Waals surface area (Å²) < 4.78 is 88.6. The van der Waals surface area contributed by atoms with E-state index in [0.29, 0.717) is 18.2 Å². The third-order valence-electron chi connectivity index (χ3n) is 4.78. The number of amides is 2. The first-order valence-corrected chi connectivity index (χ1v) is 10.7. The molecule has 0 atom stereocenters. The number of hydrogen-bond donors (Lipinski definition) is 1. The van der Waals surface area contributed by atoms with E-state index in [2.05, 4.69) is 5.32 Å². The zero-order valence-electron chi connectivity index (χ0n) is 17.4. The van der Waals surface area contributed by atoms with Gasteiger partial charge in [-0.3, -0.25) is 9.59 Å². The fourth-order valence-electron chi connectivity index (χ4n) is 3.31. The summed E-state index contributed by atoms with van der Waals surface area (Å²) in [5, 5.41) is 2.33. The van der Waals surface area contributed by atoms with Crippen molar-refractivity contribution in [3.63, 3.8) is 0 Å². The highest BCUT2D eigenvalue weighted by atomic mass is 32.2. The first-order valence-electron chi connectivity index (χ1n) is 9.85. The fraction of sp³-hybridized carbons (Fsp3) is 0.273. The van der Waals surface area contributed by atoms with Crippen molar-refractivity contribution in [2.45, 2.75) is 22.1 Å². The van der Waals surface area contributed by atoms with Gasteiger partial charge in [-0.2, -0.15) is 26.3 Å². The second-order valence-electron chi connectivity index (χ2n) is 7.06. The largest absolute Gasteiger partial charge is 0.418 e. The van der Waals surface area contributed by atoms with Crippen LogP contribution in [-0.2, 0) is 26.7 Å². The molecule has 1 aliphatic rings. The van der Waals surface area contributed by atoms with Crippen LogP contribution in [0, 0.1) is 0 Å². The van der Waals surface area contributed by atoms with Crippen LogP contribution < -0.4 is 5.32 Å². The van der Waals surface area contributed by atoms with Gasteiger partial charge in [0.2, 0.25) is 12.3 Å². The Labute approximate surface area is 194 Å². The Morgan fingerprint density at radius 3 is 2.29 bits per heavy atom. The highest BCUT2D eigenvalue weighted by molar-refractivity contribution is 7.99. The van der Waals surface area contributed by atoms with Crippen LogP contribution in [-0.4, -0.2) is 43.5 Å².